The summed E-state index contributed by atoms with van der Waals surface area (Å²) in [5, 5.41) is 5.93. The number of nitrogens with one attached hydrogen (secondary N) is 1. The number of hydrogen-bond donors (Lipinski definition) is 2. The lowest BCUT2D eigenvalue weighted by atomic mass is 10.1. The third-order valence-electron chi connectivity index (χ3n) is 2.88. The van der Waals surface area contributed by atoms with Gasteiger partial charge in [0.05, 0.1) is 20.2 Å². The Bertz CT molecular complexity index is 308. The molecule has 1 aromatic rings. The average Bonchev–Trinajstić information content (AvgIpc) is 2.31. The Morgan fingerprint density at radius 1 is 1.33 bits per heavy atom. The molecule has 0 amide bonds. The molecule has 3 N–H and O–H groups in total. The van der Waals surface area contributed by atoms with E-state index in [0.29, 0.717) is 6.04 Å². The first kappa shape index (κ1) is 10.3. The first-order chi connectivity index (χ1) is 7.38. The Balaban J connectivity index is 1.96. The molecule has 0 aliphatic carbocycles. The summed E-state index contributed by atoms with van der Waals surface area (Å²) in [5.41, 5.74) is 1.17. The molecule has 1 aliphatic rings. The number of benzene rings is 1. The molecule has 0 unspecified atom stereocenters. The van der Waals surface area contributed by atoms with E-state index >= 15 is 0 Å². The second kappa shape index (κ2) is 5.03. The molecule has 0 spiro atoms. The van der Waals surface area contributed by atoms with Crippen LogP contribution in [0.2, 0.25) is 0 Å². The molecule has 0 bridgehead atoms. The molecule has 0 aromatic heterocycles. The lowest BCUT2D eigenvalue weighted by molar-refractivity contribution is -0.662. The molecular weight excluding hydrogens is 188 g/mol. The van der Waals surface area contributed by atoms with Gasteiger partial charge >= 0.3 is 0 Å². The fourth-order valence-electron chi connectivity index (χ4n) is 2.02. The molecule has 2 rings (SSSR count). The van der Waals surface area contributed by atoms with Gasteiger partial charge in [-0.3, -0.25) is 0 Å². The highest BCUT2D eigenvalue weighted by Gasteiger charge is 2.14. The smallest absolute Gasteiger partial charge is 0.120 e. The SMILES string of the molecule is COc1cccc(NC2CC[NH2+]CC2)c1. The van der Waals surface area contributed by atoms with E-state index in [9.17, 15) is 0 Å². The minimum atomic E-state index is 0.627. The minimum absolute atomic E-state index is 0.627. The monoisotopic (exact) mass is 207 g/mol. The Hall–Kier alpha value is -1.22. The molecule has 0 saturated carbocycles. The van der Waals surface area contributed by atoms with Gasteiger partial charge in [-0.1, -0.05) is 6.07 Å². The summed E-state index contributed by atoms with van der Waals surface area (Å²) in [4.78, 5) is 0. The molecule has 0 radical (unpaired) electrons. The molecule has 1 fully saturated rings. The number of piperidine rings is 1. The predicted octanol–water partition coefficient (Wildman–Crippen LogP) is 0.833. The lowest BCUT2D eigenvalue weighted by Gasteiger charge is -2.22. The van der Waals surface area contributed by atoms with Crippen molar-refractivity contribution in [1.82, 2.24) is 0 Å². The van der Waals surface area contributed by atoms with Crippen molar-refractivity contribution in [1.29, 1.82) is 0 Å². The second-order valence-corrected chi connectivity index (χ2v) is 4.02. The lowest BCUT2D eigenvalue weighted by Crippen LogP contribution is -2.87. The molecule has 15 heavy (non-hydrogen) atoms. The van der Waals surface area contributed by atoms with Gasteiger partial charge in [0, 0.05) is 30.6 Å². The van der Waals surface area contributed by atoms with Gasteiger partial charge in [-0.15, -0.1) is 0 Å². The van der Waals surface area contributed by atoms with Crippen LogP contribution in [0.15, 0.2) is 24.3 Å². The van der Waals surface area contributed by atoms with Gasteiger partial charge in [0.1, 0.15) is 5.75 Å². The van der Waals surface area contributed by atoms with E-state index < -0.39 is 0 Å². The summed E-state index contributed by atoms with van der Waals surface area (Å²) in [5.74, 6) is 0.919. The number of anilines is 1. The molecule has 1 saturated heterocycles. The molecule has 1 heterocycles. The standard InChI is InChI=1S/C12H18N2O/c1-15-12-4-2-3-11(9-12)14-10-5-7-13-8-6-10/h2-4,9-10,13-14H,5-8H2,1H3/p+1. The van der Waals surface area contributed by atoms with Crippen molar-refractivity contribution >= 4 is 5.69 Å². The van der Waals surface area contributed by atoms with E-state index in [1.165, 1.54) is 31.6 Å². The molecule has 3 heteroatoms. The van der Waals surface area contributed by atoms with Crippen LogP contribution in [0.4, 0.5) is 5.69 Å². The van der Waals surface area contributed by atoms with E-state index in [2.05, 4.69) is 22.8 Å². The maximum Gasteiger partial charge on any atom is 0.120 e. The van der Waals surface area contributed by atoms with Gasteiger partial charge in [0.15, 0.2) is 0 Å². The van der Waals surface area contributed by atoms with Gasteiger partial charge in [-0.05, 0) is 12.1 Å². The van der Waals surface area contributed by atoms with Crippen LogP contribution >= 0.6 is 0 Å². The Labute approximate surface area is 90.8 Å². The van der Waals surface area contributed by atoms with Crippen LogP contribution in [0.25, 0.3) is 0 Å². The summed E-state index contributed by atoms with van der Waals surface area (Å²) in [7, 11) is 1.70. The van der Waals surface area contributed by atoms with E-state index in [1.54, 1.807) is 7.11 Å². The van der Waals surface area contributed by atoms with Crippen molar-refractivity contribution in [2.75, 3.05) is 25.5 Å². The summed E-state index contributed by atoms with van der Waals surface area (Å²) in [6.07, 6.45) is 2.49. The summed E-state index contributed by atoms with van der Waals surface area (Å²) >= 11 is 0. The van der Waals surface area contributed by atoms with Gasteiger partial charge in [-0.2, -0.15) is 0 Å². The van der Waals surface area contributed by atoms with Gasteiger partial charge in [0.2, 0.25) is 0 Å². The van der Waals surface area contributed by atoms with Crippen LogP contribution in [0, 0.1) is 0 Å². The van der Waals surface area contributed by atoms with Crippen molar-refractivity contribution in [2.45, 2.75) is 18.9 Å². The van der Waals surface area contributed by atoms with Gasteiger partial charge in [-0.25, -0.2) is 0 Å². The van der Waals surface area contributed by atoms with Crippen LogP contribution in [0.5, 0.6) is 5.75 Å². The number of methoxy groups -OCH3 is 1. The number of quaternary nitrogens is 1. The number of hydrogen-bond acceptors (Lipinski definition) is 2. The minimum Gasteiger partial charge on any atom is -0.497 e. The maximum absolute atomic E-state index is 5.20. The molecular formula is C12H19N2O+. The zero-order valence-electron chi connectivity index (χ0n) is 9.20. The highest BCUT2D eigenvalue weighted by atomic mass is 16.5. The van der Waals surface area contributed by atoms with Crippen molar-refractivity contribution < 1.29 is 10.1 Å². The van der Waals surface area contributed by atoms with Crippen LogP contribution < -0.4 is 15.4 Å². The molecule has 82 valence electrons. The fraction of sp³-hybridized carbons (Fsp3) is 0.500. The third-order valence-corrected chi connectivity index (χ3v) is 2.88. The van der Waals surface area contributed by atoms with Crippen LogP contribution in [-0.4, -0.2) is 26.2 Å². The van der Waals surface area contributed by atoms with E-state index in [1.807, 2.05) is 12.1 Å². The summed E-state index contributed by atoms with van der Waals surface area (Å²) in [6.45, 7) is 2.48. The largest absolute Gasteiger partial charge is 0.497 e. The second-order valence-electron chi connectivity index (χ2n) is 4.02. The van der Waals surface area contributed by atoms with Gasteiger partial charge in [0.25, 0.3) is 0 Å². The zero-order valence-corrected chi connectivity index (χ0v) is 9.20. The molecule has 1 aliphatic heterocycles. The van der Waals surface area contributed by atoms with Crippen molar-refractivity contribution in [3.8, 4) is 5.75 Å². The van der Waals surface area contributed by atoms with Crippen LogP contribution in [-0.2, 0) is 0 Å². The quantitative estimate of drug-likeness (QED) is 0.770. The van der Waals surface area contributed by atoms with Gasteiger partial charge < -0.3 is 15.4 Å². The van der Waals surface area contributed by atoms with Crippen molar-refractivity contribution in [2.24, 2.45) is 0 Å². The first-order valence-electron chi connectivity index (χ1n) is 5.61. The maximum atomic E-state index is 5.20. The third kappa shape index (κ3) is 2.86. The van der Waals surface area contributed by atoms with Crippen molar-refractivity contribution in [3.63, 3.8) is 0 Å². The zero-order chi connectivity index (χ0) is 10.5. The summed E-state index contributed by atoms with van der Waals surface area (Å²) in [6, 6.07) is 8.77. The normalized spacial score (nSPS) is 17.4. The highest BCUT2D eigenvalue weighted by molar-refractivity contribution is 5.48. The van der Waals surface area contributed by atoms with E-state index in [4.69, 9.17) is 4.74 Å². The van der Waals surface area contributed by atoms with E-state index in [-0.39, 0.29) is 0 Å². The van der Waals surface area contributed by atoms with E-state index in [0.717, 1.165) is 5.75 Å². The average molecular weight is 207 g/mol. The topological polar surface area (TPSA) is 37.9 Å². The number of rotatable bonds is 3. The van der Waals surface area contributed by atoms with Crippen LogP contribution in [0.3, 0.4) is 0 Å². The molecule has 1 aromatic carbocycles. The summed E-state index contributed by atoms with van der Waals surface area (Å²) < 4.78 is 5.20. The number of ether oxygens (including phenoxy) is 1. The first-order valence-corrected chi connectivity index (χ1v) is 5.61. The predicted molar refractivity (Wildman–Crippen MR) is 61.3 cm³/mol. The number of nitrogens with two attached hydrogens (primary N) is 1. The highest BCUT2D eigenvalue weighted by Crippen LogP contribution is 2.18. The molecule has 3 nitrogen and oxygen atoms in total. The fourth-order valence-corrected chi connectivity index (χ4v) is 2.02. The van der Waals surface area contributed by atoms with Crippen LogP contribution in [0.1, 0.15) is 12.8 Å². The van der Waals surface area contributed by atoms with Crippen molar-refractivity contribution in [3.05, 3.63) is 24.3 Å². The Morgan fingerprint density at radius 2 is 2.13 bits per heavy atom. The Kier molecular flexibility index (Phi) is 3.45. The Morgan fingerprint density at radius 3 is 2.87 bits per heavy atom. The molecule has 0 atom stereocenters.